The first-order valence-electron chi connectivity index (χ1n) is 11.3. The second kappa shape index (κ2) is 11.7. The van der Waals surface area contributed by atoms with Crippen LogP contribution < -0.4 is 16.0 Å². The molecule has 3 N–H and O–H groups in total. The van der Waals surface area contributed by atoms with Gasteiger partial charge in [0.25, 0.3) is 5.91 Å². The molecule has 0 saturated carbocycles. The van der Waals surface area contributed by atoms with Crippen LogP contribution in [0.15, 0.2) is 12.3 Å². The molecule has 1 aromatic heterocycles. The van der Waals surface area contributed by atoms with Gasteiger partial charge in [0, 0.05) is 24.9 Å². The van der Waals surface area contributed by atoms with Gasteiger partial charge < -0.3 is 20.7 Å². The van der Waals surface area contributed by atoms with E-state index in [9.17, 15) is 19.2 Å². The first-order chi connectivity index (χ1) is 15.5. The highest BCUT2D eigenvalue weighted by Gasteiger charge is 2.32. The van der Waals surface area contributed by atoms with E-state index in [4.69, 9.17) is 4.74 Å². The summed E-state index contributed by atoms with van der Waals surface area (Å²) in [6.07, 6.45) is 3.09. The maximum atomic E-state index is 13.0. The van der Waals surface area contributed by atoms with Gasteiger partial charge >= 0.3 is 6.09 Å². The zero-order valence-electron chi connectivity index (χ0n) is 20.1. The highest BCUT2D eigenvalue weighted by atomic mass is 16.5. The first kappa shape index (κ1) is 26.2. The zero-order chi connectivity index (χ0) is 24.6. The number of rotatable bonds is 5. The van der Waals surface area contributed by atoms with Gasteiger partial charge in [-0.05, 0) is 36.7 Å². The van der Waals surface area contributed by atoms with Crippen LogP contribution in [0.3, 0.4) is 0 Å². The van der Waals surface area contributed by atoms with Gasteiger partial charge in [-0.2, -0.15) is 0 Å². The van der Waals surface area contributed by atoms with Crippen molar-refractivity contribution in [1.29, 1.82) is 0 Å². The van der Waals surface area contributed by atoms with Gasteiger partial charge in [-0.1, -0.05) is 34.6 Å². The lowest BCUT2D eigenvalue weighted by molar-refractivity contribution is -0.140. The lowest BCUT2D eigenvalue weighted by atomic mass is 9.99. The molecule has 0 aromatic carbocycles. The molecule has 1 aliphatic heterocycles. The predicted molar refractivity (Wildman–Crippen MR) is 121 cm³/mol. The van der Waals surface area contributed by atoms with Gasteiger partial charge in [0.15, 0.2) is 0 Å². The Balaban J connectivity index is 2.17. The SMILES string of the molecule is CC(C)C(NC(=O)OCC(C)(C)C)C(=O)NC1Cc2nccc(n2)CCCCNC(=O)C1=O. The Morgan fingerprint density at radius 1 is 1.24 bits per heavy atom. The molecule has 1 aromatic rings. The van der Waals surface area contributed by atoms with Crippen LogP contribution >= 0.6 is 0 Å². The van der Waals surface area contributed by atoms with Crippen LogP contribution in [0.25, 0.3) is 0 Å². The topological polar surface area (TPSA) is 139 Å². The Hall–Kier alpha value is -3.04. The molecule has 182 valence electrons. The number of aromatic nitrogens is 2. The third-order valence-corrected chi connectivity index (χ3v) is 5.01. The molecule has 1 aliphatic rings. The van der Waals surface area contributed by atoms with Crippen molar-refractivity contribution in [1.82, 2.24) is 25.9 Å². The second-order valence-corrected chi connectivity index (χ2v) is 9.81. The second-order valence-electron chi connectivity index (χ2n) is 9.81. The minimum Gasteiger partial charge on any atom is -0.449 e. The minimum atomic E-state index is -1.17. The van der Waals surface area contributed by atoms with Gasteiger partial charge in [-0.15, -0.1) is 0 Å². The van der Waals surface area contributed by atoms with Crippen molar-refractivity contribution >= 4 is 23.7 Å². The van der Waals surface area contributed by atoms with Crippen LogP contribution in [-0.2, 0) is 32.0 Å². The molecule has 0 fully saturated rings. The standard InChI is InChI=1S/C23H35N5O5/c1-14(2)18(28-22(32)33-13-23(3,4)5)20(30)27-16-12-17-24-11-9-15(26-17)8-6-7-10-25-21(31)19(16)29/h9,11,14,16,18H,6-8,10,12-13H2,1-5H3,(H,25,31)(H,27,30)(H,28,32). The third-order valence-electron chi connectivity index (χ3n) is 5.01. The van der Waals surface area contributed by atoms with Gasteiger partial charge in [0.05, 0.1) is 6.61 Å². The fraction of sp³-hybridized carbons (Fsp3) is 0.652. The number of ketones is 1. The molecule has 2 atom stereocenters. The van der Waals surface area contributed by atoms with Crippen LogP contribution in [0.1, 0.15) is 59.0 Å². The summed E-state index contributed by atoms with van der Waals surface area (Å²) in [5.74, 6) is -2.07. The van der Waals surface area contributed by atoms with Crippen molar-refractivity contribution in [2.24, 2.45) is 11.3 Å². The maximum Gasteiger partial charge on any atom is 0.407 e. The fourth-order valence-electron chi connectivity index (χ4n) is 3.20. The number of alkyl carbamates (subject to hydrolysis) is 1. The number of fused-ring (bicyclic) bond motifs is 2. The van der Waals surface area contributed by atoms with Crippen LogP contribution in [0.4, 0.5) is 4.79 Å². The van der Waals surface area contributed by atoms with Gasteiger partial charge in [-0.25, -0.2) is 14.8 Å². The van der Waals surface area contributed by atoms with Crippen molar-refractivity contribution in [3.05, 3.63) is 23.8 Å². The summed E-state index contributed by atoms with van der Waals surface area (Å²) in [7, 11) is 0. The Morgan fingerprint density at radius 3 is 2.64 bits per heavy atom. The molecule has 0 spiro atoms. The molecular formula is C23H35N5O5. The maximum absolute atomic E-state index is 13.0. The summed E-state index contributed by atoms with van der Waals surface area (Å²) in [5, 5.41) is 7.79. The van der Waals surface area contributed by atoms with Crippen molar-refractivity contribution in [2.75, 3.05) is 13.2 Å². The van der Waals surface area contributed by atoms with E-state index in [1.807, 2.05) is 26.8 Å². The van der Waals surface area contributed by atoms with E-state index in [0.29, 0.717) is 18.8 Å². The molecule has 33 heavy (non-hydrogen) atoms. The van der Waals surface area contributed by atoms with Crippen LogP contribution in [0, 0.1) is 11.3 Å². The Morgan fingerprint density at radius 2 is 1.97 bits per heavy atom. The molecule has 2 rings (SSSR count). The van der Waals surface area contributed by atoms with E-state index >= 15 is 0 Å². The molecule has 2 heterocycles. The largest absolute Gasteiger partial charge is 0.449 e. The van der Waals surface area contributed by atoms with E-state index in [1.165, 1.54) is 0 Å². The highest BCUT2D eigenvalue weighted by Crippen LogP contribution is 2.13. The monoisotopic (exact) mass is 461 g/mol. The smallest absolute Gasteiger partial charge is 0.407 e. The van der Waals surface area contributed by atoms with E-state index in [0.717, 1.165) is 18.5 Å². The number of carbonyl (C=O) groups excluding carboxylic acids is 4. The summed E-state index contributed by atoms with van der Waals surface area (Å²) >= 11 is 0. The van der Waals surface area contributed by atoms with E-state index < -0.39 is 35.8 Å². The minimum absolute atomic E-state index is 0.0366. The molecule has 0 saturated heterocycles. The van der Waals surface area contributed by atoms with Gasteiger partial charge in [0.2, 0.25) is 11.7 Å². The Bertz CT molecular complexity index is 865. The number of Topliss-reactive ketones (excluding diaryl/α,β-unsaturated/α-hetero) is 1. The number of ether oxygens (including phenoxy) is 1. The molecule has 0 aliphatic carbocycles. The third kappa shape index (κ3) is 8.78. The summed E-state index contributed by atoms with van der Waals surface area (Å²) in [5.41, 5.74) is 0.613. The molecule has 2 bridgehead atoms. The quantitative estimate of drug-likeness (QED) is 0.562. The molecule has 10 nitrogen and oxygen atoms in total. The predicted octanol–water partition coefficient (Wildman–Crippen LogP) is 1.32. The van der Waals surface area contributed by atoms with Crippen molar-refractivity contribution < 1.29 is 23.9 Å². The fourth-order valence-corrected chi connectivity index (χ4v) is 3.20. The van der Waals surface area contributed by atoms with E-state index in [2.05, 4.69) is 25.9 Å². The molecule has 10 heteroatoms. The number of hydrogen-bond donors (Lipinski definition) is 3. The summed E-state index contributed by atoms with van der Waals surface area (Å²) in [6, 6.07) is -0.312. The lowest BCUT2D eigenvalue weighted by Crippen LogP contribution is -2.56. The van der Waals surface area contributed by atoms with Crippen LogP contribution in [-0.4, -0.2) is 58.9 Å². The number of amides is 3. The van der Waals surface area contributed by atoms with E-state index in [1.54, 1.807) is 20.0 Å². The lowest BCUT2D eigenvalue weighted by Gasteiger charge is -2.25. The first-order valence-corrected chi connectivity index (χ1v) is 11.3. The van der Waals surface area contributed by atoms with Gasteiger partial charge in [-0.3, -0.25) is 14.4 Å². The van der Waals surface area contributed by atoms with Crippen molar-refractivity contribution in [3.63, 3.8) is 0 Å². The molecule has 3 amide bonds. The Labute approximate surface area is 194 Å². The number of carbonyl (C=O) groups is 4. The summed E-state index contributed by atoms with van der Waals surface area (Å²) in [4.78, 5) is 59.1. The average Bonchev–Trinajstić information content (AvgIpc) is 2.73. The normalized spacial score (nSPS) is 18.4. The van der Waals surface area contributed by atoms with E-state index in [-0.39, 0.29) is 24.4 Å². The summed E-state index contributed by atoms with van der Waals surface area (Å²) < 4.78 is 5.21. The van der Waals surface area contributed by atoms with Crippen molar-refractivity contribution in [3.8, 4) is 0 Å². The van der Waals surface area contributed by atoms with Crippen molar-refractivity contribution in [2.45, 2.75) is 72.4 Å². The molecule has 2 unspecified atom stereocenters. The number of aryl methyl sites for hydroxylation is 1. The number of hydrogen-bond acceptors (Lipinski definition) is 7. The molecular weight excluding hydrogens is 426 g/mol. The van der Waals surface area contributed by atoms with Gasteiger partial charge in [0.1, 0.15) is 17.9 Å². The average molecular weight is 462 g/mol. The number of nitrogens with zero attached hydrogens (tertiary/aromatic N) is 2. The zero-order valence-corrected chi connectivity index (χ0v) is 20.1. The number of nitrogens with one attached hydrogen (secondary N) is 3. The highest BCUT2D eigenvalue weighted by molar-refractivity contribution is 6.38. The Kier molecular flexibility index (Phi) is 9.31. The van der Waals surface area contributed by atoms with Crippen LogP contribution in [0.2, 0.25) is 0 Å². The van der Waals surface area contributed by atoms with Crippen LogP contribution in [0.5, 0.6) is 0 Å². The summed E-state index contributed by atoms with van der Waals surface area (Å²) in [6.45, 7) is 9.82. The molecule has 0 radical (unpaired) electrons.